The van der Waals surface area contributed by atoms with Crippen LogP contribution in [-0.4, -0.2) is 29.8 Å². The molecule has 0 atom stereocenters. The molecule has 2 heterocycles. The van der Waals surface area contributed by atoms with Gasteiger partial charge in [-0.05, 0) is 40.7 Å². The highest BCUT2D eigenvalue weighted by Crippen LogP contribution is 2.36. The van der Waals surface area contributed by atoms with Crippen molar-refractivity contribution < 1.29 is 13.7 Å². The number of nitrogens with zero attached hydrogens (tertiary/aromatic N) is 1. The third-order valence-corrected chi connectivity index (χ3v) is 3.87. The minimum Gasteiger partial charge on any atom is -0.399 e. The summed E-state index contributed by atoms with van der Waals surface area (Å²) in [5.74, 6) is -0.481. The first kappa shape index (κ1) is 14.4. The Morgan fingerprint density at radius 3 is 2.37 bits per heavy atom. The number of pyridine rings is 1. The topological polar surface area (TPSA) is 57.4 Å². The van der Waals surface area contributed by atoms with Crippen molar-refractivity contribution >= 4 is 12.6 Å². The molecule has 2 rings (SSSR count). The number of hydrogen-bond acceptors (Lipinski definition) is 4. The molecule has 104 valence electrons. The van der Waals surface area contributed by atoms with E-state index in [2.05, 4.69) is 4.98 Å². The zero-order valence-corrected chi connectivity index (χ0v) is 11.9. The van der Waals surface area contributed by atoms with Crippen LogP contribution in [0.25, 0.3) is 0 Å². The monoisotopic (exact) mass is 266 g/mol. The molecule has 0 radical (unpaired) electrons. The van der Waals surface area contributed by atoms with Crippen LogP contribution in [0.4, 0.5) is 4.39 Å². The van der Waals surface area contributed by atoms with Crippen molar-refractivity contribution in [3.8, 4) is 0 Å². The van der Waals surface area contributed by atoms with E-state index in [1.165, 1.54) is 6.20 Å². The fourth-order valence-electron chi connectivity index (χ4n) is 1.95. The number of aromatic nitrogens is 1. The van der Waals surface area contributed by atoms with Crippen molar-refractivity contribution in [2.45, 2.75) is 45.3 Å². The Balaban J connectivity index is 2.27. The van der Waals surface area contributed by atoms with E-state index in [9.17, 15) is 4.39 Å². The van der Waals surface area contributed by atoms with E-state index in [1.807, 2.05) is 27.7 Å². The molecule has 1 aliphatic heterocycles. The Morgan fingerprint density at radius 1 is 1.26 bits per heavy atom. The minimum atomic E-state index is -0.519. The van der Waals surface area contributed by atoms with Crippen LogP contribution in [0.2, 0.25) is 0 Å². The van der Waals surface area contributed by atoms with Crippen LogP contribution in [-0.2, 0) is 15.7 Å². The van der Waals surface area contributed by atoms with Crippen molar-refractivity contribution in [1.29, 1.82) is 0 Å². The van der Waals surface area contributed by atoms with Gasteiger partial charge in [-0.25, -0.2) is 4.98 Å². The Hall–Kier alpha value is -0.975. The molecule has 1 saturated heterocycles. The van der Waals surface area contributed by atoms with E-state index in [4.69, 9.17) is 15.0 Å². The van der Waals surface area contributed by atoms with Crippen molar-refractivity contribution in [2.24, 2.45) is 5.73 Å². The molecule has 0 spiro atoms. The fraction of sp³-hybridized carbons (Fsp3) is 0.615. The Labute approximate surface area is 113 Å². The Bertz CT molecular complexity index is 464. The lowest BCUT2D eigenvalue weighted by Gasteiger charge is -2.32. The van der Waals surface area contributed by atoms with Gasteiger partial charge in [-0.2, -0.15) is 4.39 Å². The second kappa shape index (κ2) is 4.85. The Morgan fingerprint density at radius 2 is 1.84 bits per heavy atom. The highest BCUT2D eigenvalue weighted by atomic mass is 19.1. The summed E-state index contributed by atoms with van der Waals surface area (Å²) in [6, 6.07) is 1.72. The SMILES string of the molecule is CC1(C)OB(c2cnc(F)c(CCN)c2)OC1(C)C. The van der Waals surface area contributed by atoms with Crippen molar-refractivity contribution in [1.82, 2.24) is 4.98 Å². The first-order valence-electron chi connectivity index (χ1n) is 6.47. The van der Waals surface area contributed by atoms with Crippen LogP contribution in [0, 0.1) is 5.95 Å². The lowest BCUT2D eigenvalue weighted by atomic mass is 9.79. The summed E-state index contributed by atoms with van der Waals surface area (Å²) in [4.78, 5) is 3.76. The van der Waals surface area contributed by atoms with Gasteiger partial charge >= 0.3 is 7.12 Å². The van der Waals surface area contributed by atoms with Crippen molar-refractivity contribution in [2.75, 3.05) is 6.54 Å². The van der Waals surface area contributed by atoms with Gasteiger partial charge in [0.25, 0.3) is 0 Å². The van der Waals surface area contributed by atoms with Gasteiger partial charge in [0, 0.05) is 17.2 Å². The molecule has 0 saturated carbocycles. The van der Waals surface area contributed by atoms with Gasteiger partial charge in [-0.15, -0.1) is 0 Å². The van der Waals surface area contributed by atoms with Gasteiger partial charge in [0.05, 0.1) is 11.2 Å². The molecular weight excluding hydrogens is 246 g/mol. The number of hydrogen-bond donors (Lipinski definition) is 1. The summed E-state index contributed by atoms with van der Waals surface area (Å²) in [5.41, 5.74) is 5.85. The predicted octanol–water partition coefficient (Wildman–Crippen LogP) is 1.02. The summed E-state index contributed by atoms with van der Waals surface area (Å²) >= 11 is 0. The first-order valence-corrected chi connectivity index (χ1v) is 6.47. The van der Waals surface area contributed by atoms with Crippen LogP contribution in [0.15, 0.2) is 12.3 Å². The van der Waals surface area contributed by atoms with E-state index < -0.39 is 24.3 Å². The smallest absolute Gasteiger partial charge is 0.399 e. The molecule has 1 aliphatic rings. The summed E-state index contributed by atoms with van der Waals surface area (Å²) in [6.07, 6.45) is 1.91. The zero-order chi connectivity index (χ0) is 14.3. The van der Waals surface area contributed by atoms with Gasteiger partial charge in [-0.1, -0.05) is 6.07 Å². The van der Waals surface area contributed by atoms with Gasteiger partial charge in [0.1, 0.15) is 0 Å². The number of rotatable bonds is 3. The second-order valence-electron chi connectivity index (χ2n) is 5.85. The molecule has 1 fully saturated rings. The van der Waals surface area contributed by atoms with Crippen LogP contribution in [0.3, 0.4) is 0 Å². The van der Waals surface area contributed by atoms with E-state index in [0.717, 1.165) is 5.46 Å². The van der Waals surface area contributed by atoms with E-state index >= 15 is 0 Å². The van der Waals surface area contributed by atoms with Crippen molar-refractivity contribution in [3.63, 3.8) is 0 Å². The summed E-state index contributed by atoms with van der Waals surface area (Å²) in [7, 11) is -0.519. The highest BCUT2D eigenvalue weighted by molar-refractivity contribution is 6.62. The third kappa shape index (κ3) is 2.66. The number of halogens is 1. The van der Waals surface area contributed by atoms with Crippen LogP contribution >= 0.6 is 0 Å². The van der Waals surface area contributed by atoms with Crippen LogP contribution < -0.4 is 11.2 Å². The van der Waals surface area contributed by atoms with Gasteiger partial charge < -0.3 is 15.0 Å². The third-order valence-electron chi connectivity index (χ3n) is 3.87. The highest BCUT2D eigenvalue weighted by Gasteiger charge is 2.51. The molecule has 0 unspecified atom stereocenters. The van der Waals surface area contributed by atoms with Gasteiger partial charge in [-0.3, -0.25) is 0 Å². The molecule has 0 bridgehead atoms. The molecule has 4 nitrogen and oxygen atoms in total. The predicted molar refractivity (Wildman–Crippen MR) is 72.7 cm³/mol. The van der Waals surface area contributed by atoms with Crippen LogP contribution in [0.5, 0.6) is 0 Å². The lowest BCUT2D eigenvalue weighted by Crippen LogP contribution is -2.41. The molecule has 6 heteroatoms. The average Bonchev–Trinajstić information content (AvgIpc) is 2.51. The molecule has 0 aliphatic carbocycles. The maximum atomic E-state index is 13.5. The molecule has 0 amide bonds. The molecule has 2 N–H and O–H groups in total. The maximum absolute atomic E-state index is 13.5. The number of nitrogens with two attached hydrogens (primary N) is 1. The molecular formula is C13H20BFN2O2. The quantitative estimate of drug-likeness (QED) is 0.655. The summed E-state index contributed by atoms with van der Waals surface area (Å²) in [5, 5.41) is 0. The fourth-order valence-corrected chi connectivity index (χ4v) is 1.95. The summed E-state index contributed by atoms with van der Waals surface area (Å²) in [6.45, 7) is 8.29. The van der Waals surface area contributed by atoms with Crippen molar-refractivity contribution in [3.05, 3.63) is 23.8 Å². The molecule has 19 heavy (non-hydrogen) atoms. The van der Waals surface area contributed by atoms with Gasteiger partial charge in [0.15, 0.2) is 0 Å². The standard InChI is InChI=1S/C13H20BFN2O2/c1-12(2)13(3,4)19-14(18-12)10-7-9(5-6-16)11(15)17-8-10/h7-8H,5-6,16H2,1-4H3. The molecule has 1 aromatic heterocycles. The molecule has 1 aromatic rings. The first-order chi connectivity index (χ1) is 8.77. The summed E-state index contributed by atoms with van der Waals surface area (Å²) < 4.78 is 25.3. The largest absolute Gasteiger partial charge is 0.496 e. The molecule has 0 aromatic carbocycles. The van der Waals surface area contributed by atoms with Gasteiger partial charge in [0.2, 0.25) is 5.95 Å². The second-order valence-corrected chi connectivity index (χ2v) is 5.85. The normalized spacial score (nSPS) is 20.8. The zero-order valence-electron chi connectivity index (χ0n) is 11.9. The minimum absolute atomic E-state index is 0.380. The van der Waals surface area contributed by atoms with Crippen LogP contribution in [0.1, 0.15) is 33.3 Å². The van der Waals surface area contributed by atoms with E-state index in [-0.39, 0.29) is 0 Å². The van der Waals surface area contributed by atoms with E-state index in [1.54, 1.807) is 6.07 Å². The Kier molecular flexibility index (Phi) is 3.68. The van der Waals surface area contributed by atoms with E-state index in [0.29, 0.717) is 18.5 Å². The maximum Gasteiger partial charge on any atom is 0.496 e. The average molecular weight is 266 g/mol. The lowest BCUT2D eigenvalue weighted by molar-refractivity contribution is 0.00578.